The molecule has 3 aromatic rings. The van der Waals surface area contributed by atoms with E-state index in [4.69, 9.17) is 0 Å². The van der Waals surface area contributed by atoms with Crippen molar-refractivity contribution in [2.45, 2.75) is 44.1 Å². The van der Waals surface area contributed by atoms with E-state index in [0.717, 1.165) is 55.6 Å². The zero-order valence-corrected chi connectivity index (χ0v) is 20.2. The van der Waals surface area contributed by atoms with Gasteiger partial charge in [0.25, 0.3) is 0 Å². The molecule has 1 saturated heterocycles. The molecule has 0 radical (unpaired) electrons. The van der Waals surface area contributed by atoms with Crippen LogP contribution in [0.15, 0.2) is 84.9 Å². The quantitative estimate of drug-likeness (QED) is 0.486. The van der Waals surface area contributed by atoms with Crippen LogP contribution >= 0.6 is 0 Å². The Balaban J connectivity index is 1.39. The maximum atomic E-state index is 12.0. The fraction of sp³-hybridized carbons (Fsp3) is 0.367. The SMILES string of the molecule is CC(C)(C(=O)O)c1ccc(CCN2CCC(C(O)(c3ccccc3)c3ccccc3)CC2)cc1. The first-order valence-corrected chi connectivity index (χ1v) is 12.2. The van der Waals surface area contributed by atoms with Crippen molar-refractivity contribution < 1.29 is 15.0 Å². The van der Waals surface area contributed by atoms with Gasteiger partial charge in [-0.05, 0) is 74.4 Å². The van der Waals surface area contributed by atoms with E-state index in [1.165, 1.54) is 5.56 Å². The van der Waals surface area contributed by atoms with E-state index in [1.54, 1.807) is 13.8 Å². The van der Waals surface area contributed by atoms with Gasteiger partial charge in [-0.15, -0.1) is 0 Å². The van der Waals surface area contributed by atoms with Crippen LogP contribution < -0.4 is 0 Å². The van der Waals surface area contributed by atoms with Crippen molar-refractivity contribution in [3.05, 3.63) is 107 Å². The molecule has 0 unspecified atom stereocenters. The van der Waals surface area contributed by atoms with Crippen molar-refractivity contribution in [1.29, 1.82) is 0 Å². The monoisotopic (exact) mass is 457 g/mol. The Bertz CT molecular complexity index is 1030. The van der Waals surface area contributed by atoms with Crippen LogP contribution in [0.5, 0.6) is 0 Å². The molecular weight excluding hydrogens is 422 g/mol. The molecule has 0 atom stereocenters. The van der Waals surface area contributed by atoms with Gasteiger partial charge in [-0.25, -0.2) is 0 Å². The molecule has 4 rings (SSSR count). The van der Waals surface area contributed by atoms with Crippen LogP contribution in [0.4, 0.5) is 0 Å². The Kier molecular flexibility index (Phi) is 7.20. The third-order valence-electron chi connectivity index (χ3n) is 7.53. The van der Waals surface area contributed by atoms with Gasteiger partial charge in [0, 0.05) is 6.54 Å². The molecule has 0 aliphatic carbocycles. The summed E-state index contributed by atoms with van der Waals surface area (Å²) >= 11 is 0. The average molecular weight is 458 g/mol. The lowest BCUT2D eigenvalue weighted by molar-refractivity contribution is -0.142. The number of aliphatic carboxylic acids is 1. The summed E-state index contributed by atoms with van der Waals surface area (Å²) in [4.78, 5) is 14.0. The lowest BCUT2D eigenvalue weighted by atomic mass is 9.72. The Labute approximate surface area is 202 Å². The number of likely N-dealkylation sites (tertiary alicyclic amines) is 1. The highest BCUT2D eigenvalue weighted by Crippen LogP contribution is 2.41. The van der Waals surface area contributed by atoms with Gasteiger partial charge in [0.05, 0.1) is 5.41 Å². The summed E-state index contributed by atoms with van der Waals surface area (Å²) in [7, 11) is 0. The Morgan fingerprint density at radius 1 is 0.824 bits per heavy atom. The number of hydrogen-bond donors (Lipinski definition) is 2. The lowest BCUT2D eigenvalue weighted by Crippen LogP contribution is -2.44. The molecule has 1 heterocycles. The van der Waals surface area contributed by atoms with Crippen molar-refractivity contribution in [3.63, 3.8) is 0 Å². The largest absolute Gasteiger partial charge is 0.481 e. The number of carboxylic acid groups (broad SMARTS) is 1. The zero-order valence-electron chi connectivity index (χ0n) is 20.2. The second-order valence-electron chi connectivity index (χ2n) is 9.99. The number of hydrogen-bond acceptors (Lipinski definition) is 3. The predicted molar refractivity (Wildman–Crippen MR) is 136 cm³/mol. The molecule has 34 heavy (non-hydrogen) atoms. The molecule has 0 saturated carbocycles. The van der Waals surface area contributed by atoms with E-state index in [-0.39, 0.29) is 5.92 Å². The fourth-order valence-corrected chi connectivity index (χ4v) is 5.10. The highest BCUT2D eigenvalue weighted by atomic mass is 16.4. The minimum absolute atomic E-state index is 0.158. The van der Waals surface area contributed by atoms with Crippen molar-refractivity contribution in [2.75, 3.05) is 19.6 Å². The zero-order chi connectivity index (χ0) is 24.2. The molecule has 3 aromatic carbocycles. The standard InChI is InChI=1S/C30H35NO3/c1-29(2,28(32)33)24-15-13-23(14-16-24)17-20-31-21-18-27(19-22-31)30(34,25-9-5-3-6-10-25)26-11-7-4-8-12-26/h3-16,27,34H,17-22H2,1-2H3,(H,32,33). The van der Waals surface area contributed by atoms with E-state index in [1.807, 2.05) is 72.8 Å². The van der Waals surface area contributed by atoms with Crippen LogP contribution in [0.3, 0.4) is 0 Å². The molecule has 2 N–H and O–H groups in total. The van der Waals surface area contributed by atoms with Crippen LogP contribution in [0.2, 0.25) is 0 Å². The lowest BCUT2D eigenvalue weighted by Gasteiger charge is -2.42. The van der Waals surface area contributed by atoms with E-state index >= 15 is 0 Å². The minimum atomic E-state index is -0.985. The topological polar surface area (TPSA) is 60.8 Å². The smallest absolute Gasteiger partial charge is 0.313 e. The summed E-state index contributed by atoms with van der Waals surface area (Å²) < 4.78 is 0. The van der Waals surface area contributed by atoms with Gasteiger partial charge in [-0.3, -0.25) is 4.79 Å². The molecule has 0 spiro atoms. The van der Waals surface area contributed by atoms with Gasteiger partial charge in [0.15, 0.2) is 0 Å². The molecule has 1 aliphatic rings. The number of aliphatic hydroxyl groups is 1. The van der Waals surface area contributed by atoms with E-state index < -0.39 is 17.0 Å². The summed E-state index contributed by atoms with van der Waals surface area (Å²) in [6.07, 6.45) is 2.80. The van der Waals surface area contributed by atoms with Crippen molar-refractivity contribution in [3.8, 4) is 0 Å². The highest BCUT2D eigenvalue weighted by molar-refractivity contribution is 5.80. The van der Waals surface area contributed by atoms with Crippen molar-refractivity contribution in [2.24, 2.45) is 5.92 Å². The minimum Gasteiger partial charge on any atom is -0.481 e. The van der Waals surface area contributed by atoms with Gasteiger partial charge in [-0.2, -0.15) is 0 Å². The first kappa shape index (κ1) is 24.2. The number of carbonyl (C=O) groups is 1. The Morgan fingerprint density at radius 3 is 1.79 bits per heavy atom. The highest BCUT2D eigenvalue weighted by Gasteiger charge is 2.41. The third-order valence-corrected chi connectivity index (χ3v) is 7.53. The second-order valence-corrected chi connectivity index (χ2v) is 9.99. The van der Waals surface area contributed by atoms with E-state index in [9.17, 15) is 15.0 Å². The van der Waals surface area contributed by atoms with Crippen LogP contribution in [-0.4, -0.2) is 40.7 Å². The maximum Gasteiger partial charge on any atom is 0.313 e. The number of benzene rings is 3. The molecule has 178 valence electrons. The normalized spacial score (nSPS) is 15.9. The molecule has 0 aromatic heterocycles. The number of piperidine rings is 1. The van der Waals surface area contributed by atoms with Crippen molar-refractivity contribution in [1.82, 2.24) is 4.90 Å². The van der Waals surface area contributed by atoms with Crippen LogP contribution in [0.25, 0.3) is 0 Å². The molecule has 0 amide bonds. The molecular formula is C30H35NO3. The Morgan fingerprint density at radius 2 is 1.32 bits per heavy atom. The van der Waals surface area contributed by atoms with Gasteiger partial charge in [0.1, 0.15) is 5.60 Å². The molecule has 4 heteroatoms. The van der Waals surface area contributed by atoms with Gasteiger partial charge in [0.2, 0.25) is 0 Å². The first-order valence-electron chi connectivity index (χ1n) is 12.2. The maximum absolute atomic E-state index is 12.0. The number of nitrogens with zero attached hydrogens (tertiary/aromatic N) is 1. The average Bonchev–Trinajstić information content (AvgIpc) is 2.88. The van der Waals surface area contributed by atoms with E-state index in [0.29, 0.717) is 0 Å². The summed E-state index contributed by atoms with van der Waals surface area (Å²) in [5, 5.41) is 21.5. The summed E-state index contributed by atoms with van der Waals surface area (Å²) in [6, 6.07) is 28.1. The number of carboxylic acids is 1. The molecule has 0 bridgehead atoms. The molecule has 1 fully saturated rings. The van der Waals surface area contributed by atoms with Crippen molar-refractivity contribution >= 4 is 5.97 Å². The Hall–Kier alpha value is -2.95. The summed E-state index contributed by atoms with van der Waals surface area (Å²) in [6.45, 7) is 6.35. The predicted octanol–water partition coefficient (Wildman–Crippen LogP) is 5.24. The summed E-state index contributed by atoms with van der Waals surface area (Å²) in [5.41, 5.74) is 2.10. The van der Waals surface area contributed by atoms with Gasteiger partial charge >= 0.3 is 5.97 Å². The summed E-state index contributed by atoms with van der Waals surface area (Å²) in [5.74, 6) is -0.653. The third kappa shape index (κ3) is 4.94. The van der Waals surface area contributed by atoms with Gasteiger partial charge < -0.3 is 15.1 Å². The first-order chi connectivity index (χ1) is 16.3. The van der Waals surface area contributed by atoms with Crippen LogP contribution in [-0.2, 0) is 22.2 Å². The number of rotatable bonds is 8. The van der Waals surface area contributed by atoms with Crippen LogP contribution in [0.1, 0.15) is 48.9 Å². The van der Waals surface area contributed by atoms with Crippen LogP contribution in [0, 0.1) is 5.92 Å². The van der Waals surface area contributed by atoms with Gasteiger partial charge in [-0.1, -0.05) is 84.9 Å². The fourth-order valence-electron chi connectivity index (χ4n) is 5.10. The van der Waals surface area contributed by atoms with E-state index in [2.05, 4.69) is 17.0 Å². The molecule has 1 aliphatic heterocycles. The molecule has 4 nitrogen and oxygen atoms in total. The second kappa shape index (κ2) is 10.1.